The van der Waals surface area contributed by atoms with E-state index in [1.54, 1.807) is 6.92 Å². The highest BCUT2D eigenvalue weighted by Crippen LogP contribution is 2.09. The number of hydrogen-bond donors (Lipinski definition) is 1. The van der Waals surface area contributed by atoms with Gasteiger partial charge >= 0.3 is 0 Å². The molecule has 82 valence electrons. The molecule has 1 aliphatic carbocycles. The molecule has 0 bridgehead atoms. The first-order chi connectivity index (χ1) is 6.64. The Morgan fingerprint density at radius 3 is 2.86 bits per heavy atom. The van der Waals surface area contributed by atoms with Crippen LogP contribution in [0.3, 0.4) is 0 Å². The van der Waals surface area contributed by atoms with E-state index in [4.69, 9.17) is 0 Å². The lowest BCUT2D eigenvalue weighted by molar-refractivity contribution is 0.532. The number of sulfone groups is 1. The fourth-order valence-corrected chi connectivity index (χ4v) is 2.24. The minimum absolute atomic E-state index is 0.245. The third-order valence-corrected chi connectivity index (χ3v) is 4.22. The standard InChI is InChI=1S/C10H19NO2S/c1-2-14(12,13)9-8-11-10-6-4-3-5-7-10/h4,6,10-11H,2-3,5,7-9H2,1H3. The van der Waals surface area contributed by atoms with E-state index < -0.39 is 9.84 Å². The molecule has 0 spiro atoms. The van der Waals surface area contributed by atoms with Crippen molar-refractivity contribution < 1.29 is 8.42 Å². The van der Waals surface area contributed by atoms with Crippen molar-refractivity contribution in [1.29, 1.82) is 0 Å². The summed E-state index contributed by atoms with van der Waals surface area (Å²) in [5, 5.41) is 3.25. The number of allylic oxidation sites excluding steroid dienone is 1. The summed E-state index contributed by atoms with van der Waals surface area (Å²) in [6.07, 6.45) is 7.79. The minimum atomic E-state index is -2.81. The van der Waals surface area contributed by atoms with E-state index in [2.05, 4.69) is 17.5 Å². The molecule has 0 aliphatic heterocycles. The molecule has 1 unspecified atom stereocenters. The van der Waals surface area contributed by atoms with E-state index in [0.29, 0.717) is 12.6 Å². The van der Waals surface area contributed by atoms with Gasteiger partial charge in [0.05, 0.1) is 5.75 Å². The van der Waals surface area contributed by atoms with Gasteiger partial charge in [-0.3, -0.25) is 0 Å². The third kappa shape index (κ3) is 4.24. The van der Waals surface area contributed by atoms with Crippen molar-refractivity contribution in [2.75, 3.05) is 18.1 Å². The summed E-state index contributed by atoms with van der Waals surface area (Å²) in [7, 11) is -2.81. The second-order valence-corrected chi connectivity index (χ2v) is 6.13. The van der Waals surface area contributed by atoms with Crippen LogP contribution in [0.25, 0.3) is 0 Å². The summed E-state index contributed by atoms with van der Waals surface area (Å²) in [5.41, 5.74) is 0. The molecule has 0 aromatic rings. The summed E-state index contributed by atoms with van der Waals surface area (Å²) in [6.45, 7) is 2.26. The van der Waals surface area contributed by atoms with Crippen molar-refractivity contribution in [1.82, 2.24) is 5.32 Å². The molecule has 1 rings (SSSR count). The molecule has 0 saturated heterocycles. The van der Waals surface area contributed by atoms with Crippen molar-refractivity contribution in [3.05, 3.63) is 12.2 Å². The summed E-state index contributed by atoms with van der Waals surface area (Å²) in [6, 6.07) is 0.385. The summed E-state index contributed by atoms with van der Waals surface area (Å²) in [4.78, 5) is 0. The van der Waals surface area contributed by atoms with Crippen LogP contribution in [0.15, 0.2) is 12.2 Å². The van der Waals surface area contributed by atoms with Crippen LogP contribution >= 0.6 is 0 Å². The maximum Gasteiger partial charge on any atom is 0.151 e. The maximum absolute atomic E-state index is 11.2. The van der Waals surface area contributed by atoms with Crippen molar-refractivity contribution in [3.63, 3.8) is 0 Å². The van der Waals surface area contributed by atoms with Crippen molar-refractivity contribution in [2.24, 2.45) is 0 Å². The van der Waals surface area contributed by atoms with Crippen LogP contribution in [0.4, 0.5) is 0 Å². The topological polar surface area (TPSA) is 46.2 Å². The predicted octanol–water partition coefficient (Wildman–Crippen LogP) is 1.12. The lowest BCUT2D eigenvalue weighted by Gasteiger charge is -2.17. The van der Waals surface area contributed by atoms with Gasteiger partial charge < -0.3 is 5.32 Å². The monoisotopic (exact) mass is 217 g/mol. The molecular weight excluding hydrogens is 198 g/mol. The fraction of sp³-hybridized carbons (Fsp3) is 0.800. The first-order valence-corrected chi connectivity index (χ1v) is 7.06. The normalized spacial score (nSPS) is 22.5. The molecule has 0 aromatic carbocycles. The molecule has 0 aromatic heterocycles. The van der Waals surface area contributed by atoms with Gasteiger partial charge in [-0.1, -0.05) is 19.1 Å². The Morgan fingerprint density at radius 2 is 2.29 bits per heavy atom. The highest BCUT2D eigenvalue weighted by Gasteiger charge is 2.10. The first kappa shape index (κ1) is 11.7. The van der Waals surface area contributed by atoms with Crippen LogP contribution in [0.5, 0.6) is 0 Å². The molecule has 1 N–H and O–H groups in total. The fourth-order valence-electron chi connectivity index (χ4n) is 1.53. The summed E-state index contributed by atoms with van der Waals surface area (Å²) in [5.74, 6) is 0.503. The molecule has 3 nitrogen and oxygen atoms in total. The Labute approximate surface area is 86.5 Å². The van der Waals surface area contributed by atoms with Crippen LogP contribution in [0.2, 0.25) is 0 Å². The van der Waals surface area contributed by atoms with Gasteiger partial charge in [-0.25, -0.2) is 8.42 Å². The average molecular weight is 217 g/mol. The quantitative estimate of drug-likeness (QED) is 0.702. The lowest BCUT2D eigenvalue weighted by Crippen LogP contribution is -2.33. The van der Waals surface area contributed by atoms with Gasteiger partial charge in [0.25, 0.3) is 0 Å². The van der Waals surface area contributed by atoms with Gasteiger partial charge in [-0.2, -0.15) is 0 Å². The lowest BCUT2D eigenvalue weighted by atomic mass is 10.0. The minimum Gasteiger partial charge on any atom is -0.310 e. The van der Waals surface area contributed by atoms with E-state index in [1.807, 2.05) is 0 Å². The summed E-state index contributed by atoms with van der Waals surface area (Å²) >= 11 is 0. The zero-order valence-corrected chi connectivity index (χ0v) is 9.52. The molecular formula is C10H19NO2S. The zero-order chi connectivity index (χ0) is 10.4. The van der Waals surface area contributed by atoms with E-state index in [1.165, 1.54) is 6.42 Å². The first-order valence-electron chi connectivity index (χ1n) is 5.24. The molecule has 14 heavy (non-hydrogen) atoms. The molecule has 0 fully saturated rings. The Morgan fingerprint density at radius 1 is 1.50 bits per heavy atom. The number of nitrogens with one attached hydrogen (secondary N) is 1. The zero-order valence-electron chi connectivity index (χ0n) is 8.70. The second kappa shape index (κ2) is 5.51. The molecule has 0 saturated carbocycles. The van der Waals surface area contributed by atoms with Gasteiger partial charge in [0.15, 0.2) is 9.84 Å². The van der Waals surface area contributed by atoms with Crippen LogP contribution in [0, 0.1) is 0 Å². The highest BCUT2D eigenvalue weighted by molar-refractivity contribution is 7.91. The van der Waals surface area contributed by atoms with E-state index in [9.17, 15) is 8.42 Å². The van der Waals surface area contributed by atoms with Gasteiger partial charge in [-0.15, -0.1) is 0 Å². The smallest absolute Gasteiger partial charge is 0.151 e. The summed E-state index contributed by atoms with van der Waals surface area (Å²) < 4.78 is 22.4. The third-order valence-electron chi connectivity index (χ3n) is 2.51. The van der Waals surface area contributed by atoms with Crippen LogP contribution < -0.4 is 5.32 Å². The van der Waals surface area contributed by atoms with Gasteiger partial charge in [0, 0.05) is 18.3 Å². The SMILES string of the molecule is CCS(=O)(=O)CCNC1C=CCCC1. The van der Waals surface area contributed by atoms with Crippen LogP contribution in [-0.2, 0) is 9.84 Å². The average Bonchev–Trinajstić information content (AvgIpc) is 2.19. The van der Waals surface area contributed by atoms with E-state index >= 15 is 0 Å². The van der Waals surface area contributed by atoms with E-state index in [0.717, 1.165) is 12.8 Å². The molecule has 1 atom stereocenters. The molecule has 0 heterocycles. The Kier molecular flexibility index (Phi) is 4.62. The second-order valence-electron chi connectivity index (χ2n) is 3.66. The predicted molar refractivity (Wildman–Crippen MR) is 59.1 cm³/mol. The van der Waals surface area contributed by atoms with Crippen LogP contribution in [0.1, 0.15) is 26.2 Å². The number of hydrogen-bond acceptors (Lipinski definition) is 3. The Bertz CT molecular complexity index is 282. The largest absolute Gasteiger partial charge is 0.310 e. The van der Waals surface area contributed by atoms with Crippen LogP contribution in [-0.4, -0.2) is 32.5 Å². The number of rotatable bonds is 5. The molecule has 0 amide bonds. The Hall–Kier alpha value is -0.350. The van der Waals surface area contributed by atoms with Gasteiger partial charge in [0.1, 0.15) is 0 Å². The highest BCUT2D eigenvalue weighted by atomic mass is 32.2. The van der Waals surface area contributed by atoms with E-state index in [-0.39, 0.29) is 11.5 Å². The molecule has 1 aliphatic rings. The molecule has 4 heteroatoms. The van der Waals surface area contributed by atoms with Gasteiger partial charge in [-0.05, 0) is 19.3 Å². The Balaban J connectivity index is 2.21. The van der Waals surface area contributed by atoms with Gasteiger partial charge in [0.2, 0.25) is 0 Å². The van der Waals surface area contributed by atoms with Crippen molar-refractivity contribution >= 4 is 9.84 Å². The molecule has 0 radical (unpaired) electrons. The van der Waals surface area contributed by atoms with Crippen molar-refractivity contribution in [2.45, 2.75) is 32.2 Å². The van der Waals surface area contributed by atoms with Crippen molar-refractivity contribution in [3.8, 4) is 0 Å². The maximum atomic E-state index is 11.2.